The van der Waals surface area contributed by atoms with Crippen LogP contribution >= 0.6 is 11.3 Å². The molecule has 0 saturated heterocycles. The van der Waals surface area contributed by atoms with Crippen LogP contribution in [0.15, 0.2) is 34.1 Å². The van der Waals surface area contributed by atoms with Gasteiger partial charge in [0.15, 0.2) is 16.5 Å². The first-order valence-electron chi connectivity index (χ1n) is 5.58. The van der Waals surface area contributed by atoms with E-state index in [-0.39, 0.29) is 5.01 Å². The van der Waals surface area contributed by atoms with Crippen molar-refractivity contribution in [3.63, 3.8) is 0 Å². The van der Waals surface area contributed by atoms with Gasteiger partial charge < -0.3 is 9.15 Å². The number of thiazole rings is 1. The number of rotatable bonds is 2. The topological polar surface area (TPSA) is 35.3 Å². The Hall–Kier alpha value is -2.02. The van der Waals surface area contributed by atoms with Crippen molar-refractivity contribution in [3.05, 3.63) is 35.3 Å². The van der Waals surface area contributed by atoms with E-state index >= 15 is 0 Å². The second kappa shape index (κ2) is 4.52. The Bertz CT molecular complexity index is 760. The van der Waals surface area contributed by atoms with E-state index in [1.54, 1.807) is 31.4 Å². The molecule has 0 amide bonds. The van der Waals surface area contributed by atoms with Crippen molar-refractivity contribution < 1.29 is 22.3 Å². The summed E-state index contributed by atoms with van der Waals surface area (Å²) in [4.78, 5) is 3.56. The van der Waals surface area contributed by atoms with E-state index in [2.05, 4.69) is 4.98 Å². The third kappa shape index (κ3) is 2.24. The fraction of sp³-hybridized carbons (Fsp3) is 0.154. The van der Waals surface area contributed by atoms with E-state index < -0.39 is 11.9 Å². The number of methoxy groups -OCH3 is 1. The van der Waals surface area contributed by atoms with Crippen LogP contribution in [0.1, 0.15) is 5.69 Å². The number of nitrogens with zero attached hydrogens (tertiary/aromatic N) is 1. The number of ether oxygens (including phenoxy) is 1. The molecule has 0 saturated carbocycles. The summed E-state index contributed by atoms with van der Waals surface area (Å²) in [5.41, 5.74) is -0.333. The number of hydrogen-bond acceptors (Lipinski definition) is 4. The molecule has 3 aromatic rings. The van der Waals surface area contributed by atoms with Crippen LogP contribution in [0.3, 0.4) is 0 Å². The molecule has 3 rings (SSSR count). The van der Waals surface area contributed by atoms with Gasteiger partial charge in [-0.1, -0.05) is 0 Å². The minimum Gasteiger partial charge on any atom is -0.497 e. The van der Waals surface area contributed by atoms with Crippen LogP contribution < -0.4 is 4.74 Å². The number of alkyl halides is 3. The Morgan fingerprint density at radius 1 is 1.25 bits per heavy atom. The highest BCUT2D eigenvalue weighted by atomic mass is 32.1. The number of benzene rings is 1. The first-order chi connectivity index (χ1) is 9.47. The van der Waals surface area contributed by atoms with Gasteiger partial charge in [0.2, 0.25) is 0 Å². The molecule has 0 aliphatic carbocycles. The molecule has 20 heavy (non-hydrogen) atoms. The molecular formula is C13H8F3NO2S. The van der Waals surface area contributed by atoms with Gasteiger partial charge >= 0.3 is 6.18 Å². The van der Waals surface area contributed by atoms with E-state index in [0.29, 0.717) is 17.1 Å². The lowest BCUT2D eigenvalue weighted by atomic mass is 10.2. The molecule has 0 N–H and O–H groups in total. The number of halogens is 3. The molecular weight excluding hydrogens is 291 g/mol. The first-order valence-corrected chi connectivity index (χ1v) is 6.46. The van der Waals surface area contributed by atoms with E-state index in [0.717, 1.165) is 22.1 Å². The zero-order valence-electron chi connectivity index (χ0n) is 10.2. The van der Waals surface area contributed by atoms with Gasteiger partial charge in [-0.05, 0) is 24.3 Å². The summed E-state index contributed by atoms with van der Waals surface area (Å²) in [6.45, 7) is 0. The molecule has 0 fully saturated rings. The highest BCUT2D eigenvalue weighted by Crippen LogP contribution is 2.36. The van der Waals surface area contributed by atoms with Gasteiger partial charge in [-0.15, -0.1) is 11.3 Å². The lowest BCUT2D eigenvalue weighted by molar-refractivity contribution is -0.140. The standard InChI is InChI=1S/C13H8F3NO2S/c1-18-8-2-3-9-7(4-8)5-10(19-9)12-17-11(6-20-12)13(14,15)16/h2-6H,1H3. The number of hydrogen-bond donors (Lipinski definition) is 0. The molecule has 0 unspecified atom stereocenters. The largest absolute Gasteiger partial charge is 0.497 e. The molecule has 2 heterocycles. The Morgan fingerprint density at radius 3 is 2.70 bits per heavy atom. The maximum atomic E-state index is 12.5. The zero-order valence-corrected chi connectivity index (χ0v) is 11.0. The van der Waals surface area contributed by atoms with Crippen molar-refractivity contribution in [2.24, 2.45) is 0 Å². The van der Waals surface area contributed by atoms with E-state index in [1.165, 1.54) is 0 Å². The average molecular weight is 299 g/mol. The van der Waals surface area contributed by atoms with Crippen LogP contribution in [0.4, 0.5) is 13.2 Å². The third-order valence-corrected chi connectivity index (χ3v) is 3.59. The van der Waals surface area contributed by atoms with Crippen molar-refractivity contribution in [3.8, 4) is 16.5 Å². The SMILES string of the molecule is COc1ccc2oc(-c3nc(C(F)(F)F)cs3)cc2c1. The quantitative estimate of drug-likeness (QED) is 0.694. The lowest BCUT2D eigenvalue weighted by Crippen LogP contribution is -2.04. The number of fused-ring (bicyclic) bond motifs is 1. The molecule has 7 heteroatoms. The molecule has 2 aromatic heterocycles. The Morgan fingerprint density at radius 2 is 2.05 bits per heavy atom. The molecule has 1 aromatic carbocycles. The van der Waals surface area contributed by atoms with Crippen molar-refractivity contribution in [1.29, 1.82) is 0 Å². The van der Waals surface area contributed by atoms with E-state index in [1.807, 2.05) is 0 Å². The Kier molecular flexibility index (Phi) is 2.93. The monoisotopic (exact) mass is 299 g/mol. The Balaban J connectivity index is 2.04. The number of furan rings is 1. The molecule has 0 bridgehead atoms. The lowest BCUT2D eigenvalue weighted by Gasteiger charge is -1.99. The van der Waals surface area contributed by atoms with Crippen molar-refractivity contribution >= 4 is 22.3 Å². The van der Waals surface area contributed by atoms with Gasteiger partial charge in [0, 0.05) is 10.8 Å². The average Bonchev–Trinajstić information content (AvgIpc) is 3.03. The van der Waals surface area contributed by atoms with Gasteiger partial charge in [0.05, 0.1) is 7.11 Å². The molecule has 0 spiro atoms. The zero-order chi connectivity index (χ0) is 14.3. The predicted octanol–water partition coefficient (Wildman–Crippen LogP) is 4.58. The van der Waals surface area contributed by atoms with Crippen LogP contribution in [0.2, 0.25) is 0 Å². The van der Waals surface area contributed by atoms with Crippen LogP contribution in [0.5, 0.6) is 5.75 Å². The summed E-state index contributed by atoms with van der Waals surface area (Å²) in [6, 6.07) is 6.83. The van der Waals surface area contributed by atoms with Crippen LogP contribution in [-0.4, -0.2) is 12.1 Å². The summed E-state index contributed by atoms with van der Waals surface area (Å²) in [5.74, 6) is 0.966. The summed E-state index contributed by atoms with van der Waals surface area (Å²) in [6.07, 6.45) is -4.44. The molecule has 0 aliphatic rings. The normalized spacial score (nSPS) is 12.0. The highest BCUT2D eigenvalue weighted by molar-refractivity contribution is 7.13. The maximum Gasteiger partial charge on any atom is 0.434 e. The highest BCUT2D eigenvalue weighted by Gasteiger charge is 2.34. The van der Waals surface area contributed by atoms with Crippen molar-refractivity contribution in [2.75, 3.05) is 7.11 Å². The predicted molar refractivity (Wildman–Crippen MR) is 68.9 cm³/mol. The van der Waals surface area contributed by atoms with Crippen molar-refractivity contribution in [1.82, 2.24) is 4.98 Å². The molecule has 104 valence electrons. The van der Waals surface area contributed by atoms with Gasteiger partial charge in [-0.25, -0.2) is 4.98 Å². The van der Waals surface area contributed by atoms with Gasteiger partial charge in [0.25, 0.3) is 0 Å². The molecule has 3 nitrogen and oxygen atoms in total. The van der Waals surface area contributed by atoms with Gasteiger partial charge in [0.1, 0.15) is 11.3 Å². The van der Waals surface area contributed by atoms with Crippen molar-refractivity contribution in [2.45, 2.75) is 6.18 Å². The number of aromatic nitrogens is 1. The summed E-state index contributed by atoms with van der Waals surface area (Å²) >= 11 is 0.899. The maximum absolute atomic E-state index is 12.5. The summed E-state index contributed by atoms with van der Waals surface area (Å²) in [7, 11) is 1.54. The fourth-order valence-electron chi connectivity index (χ4n) is 1.77. The van der Waals surface area contributed by atoms with Crippen LogP contribution in [0.25, 0.3) is 21.7 Å². The molecule has 0 aliphatic heterocycles. The Labute approximate surface area is 115 Å². The molecule has 0 atom stereocenters. The van der Waals surface area contributed by atoms with Crippen LogP contribution in [-0.2, 0) is 6.18 Å². The van der Waals surface area contributed by atoms with Crippen LogP contribution in [0, 0.1) is 0 Å². The third-order valence-electron chi connectivity index (χ3n) is 2.73. The minimum atomic E-state index is -4.44. The summed E-state index contributed by atoms with van der Waals surface area (Å²) < 4.78 is 48.1. The van der Waals surface area contributed by atoms with E-state index in [9.17, 15) is 13.2 Å². The second-order valence-corrected chi connectivity index (χ2v) is 4.91. The van der Waals surface area contributed by atoms with Gasteiger partial charge in [-0.3, -0.25) is 0 Å². The minimum absolute atomic E-state index is 0.201. The smallest absolute Gasteiger partial charge is 0.434 e. The fourth-order valence-corrected chi connectivity index (χ4v) is 2.55. The van der Waals surface area contributed by atoms with Gasteiger partial charge in [-0.2, -0.15) is 13.2 Å². The van der Waals surface area contributed by atoms with E-state index in [4.69, 9.17) is 9.15 Å². The summed E-state index contributed by atoms with van der Waals surface area (Å²) in [5, 5.41) is 1.93. The second-order valence-electron chi connectivity index (χ2n) is 4.05. The first kappa shape index (κ1) is 13.0. The molecule has 0 radical (unpaired) electrons.